The van der Waals surface area contributed by atoms with Crippen molar-refractivity contribution in [2.24, 2.45) is 0 Å². The van der Waals surface area contributed by atoms with Crippen molar-refractivity contribution in [3.63, 3.8) is 0 Å². The molecule has 1 aromatic heterocycles. The van der Waals surface area contributed by atoms with E-state index in [0.717, 1.165) is 49.4 Å². The maximum Gasteiger partial charge on any atom is 0.243 e. The molecule has 0 spiro atoms. The minimum Gasteiger partial charge on any atom is -0.493 e. The molecule has 1 N–H and O–H groups in total. The Morgan fingerprint density at radius 3 is 3.12 bits per heavy atom. The normalized spacial score (nSPS) is 22.6. The number of rotatable bonds is 4. The van der Waals surface area contributed by atoms with Crippen LogP contribution >= 0.6 is 11.3 Å². The lowest BCUT2D eigenvalue weighted by molar-refractivity contribution is -0.120. The van der Waals surface area contributed by atoms with Gasteiger partial charge < -0.3 is 10.1 Å². The molecule has 25 heavy (non-hydrogen) atoms. The number of carbonyl (C=O) groups excluding carboxylic acids is 1. The Hall–Kier alpha value is -1.92. The lowest BCUT2D eigenvalue weighted by atomic mass is 10.1. The van der Waals surface area contributed by atoms with Crippen molar-refractivity contribution < 1.29 is 9.53 Å². The van der Waals surface area contributed by atoms with Crippen LogP contribution in [0.4, 0.5) is 5.13 Å². The molecule has 1 unspecified atom stereocenters. The Labute approximate surface area is 151 Å². The summed E-state index contributed by atoms with van der Waals surface area (Å²) in [4.78, 5) is 19.7. The molecule has 3 aliphatic rings. The zero-order valence-electron chi connectivity index (χ0n) is 14.0. The van der Waals surface area contributed by atoms with Crippen molar-refractivity contribution in [3.8, 4) is 17.0 Å². The fourth-order valence-electron chi connectivity index (χ4n) is 3.91. The van der Waals surface area contributed by atoms with Gasteiger partial charge in [0, 0.05) is 23.4 Å². The molecular formula is C19H21N3O2S. The van der Waals surface area contributed by atoms with E-state index in [1.54, 1.807) is 0 Å². The van der Waals surface area contributed by atoms with Crippen molar-refractivity contribution in [1.82, 2.24) is 9.88 Å². The standard InChI is InChI=1S/C19H21N3O2S/c23-18(16-2-1-8-22(16)14-4-5-14)21-19-20-15(11-25-19)12-3-6-17-13(10-12)7-9-24-17/h3,6,10-11,14,16H,1-2,4-5,7-9H2,(H,20,21,23). The first-order valence-corrected chi connectivity index (χ1v) is 9.94. The van der Waals surface area contributed by atoms with Gasteiger partial charge in [0.15, 0.2) is 5.13 Å². The molecule has 130 valence electrons. The Morgan fingerprint density at radius 1 is 1.32 bits per heavy atom. The lowest BCUT2D eigenvalue weighted by Gasteiger charge is -2.22. The average Bonchev–Trinajstić information content (AvgIpc) is 3.06. The summed E-state index contributed by atoms with van der Waals surface area (Å²) in [5, 5.41) is 5.75. The number of benzene rings is 1. The fraction of sp³-hybridized carbons (Fsp3) is 0.474. The average molecular weight is 355 g/mol. The van der Waals surface area contributed by atoms with Gasteiger partial charge in [0.2, 0.25) is 5.91 Å². The van der Waals surface area contributed by atoms with Gasteiger partial charge in [0.25, 0.3) is 0 Å². The second kappa shape index (κ2) is 6.11. The van der Waals surface area contributed by atoms with Gasteiger partial charge in [-0.2, -0.15) is 0 Å². The van der Waals surface area contributed by atoms with Crippen LogP contribution in [0, 0.1) is 0 Å². The number of nitrogens with one attached hydrogen (secondary N) is 1. The van der Waals surface area contributed by atoms with E-state index in [1.807, 2.05) is 17.5 Å². The van der Waals surface area contributed by atoms with Crippen LogP contribution in [0.5, 0.6) is 5.75 Å². The molecule has 0 bridgehead atoms. The fourth-order valence-corrected chi connectivity index (χ4v) is 4.63. The second-order valence-electron chi connectivity index (χ2n) is 7.08. The molecule has 2 aromatic rings. The Balaban J connectivity index is 1.30. The number of carbonyl (C=O) groups is 1. The van der Waals surface area contributed by atoms with Crippen molar-refractivity contribution >= 4 is 22.4 Å². The highest BCUT2D eigenvalue weighted by Gasteiger charge is 2.40. The van der Waals surface area contributed by atoms with Crippen LogP contribution in [-0.2, 0) is 11.2 Å². The third kappa shape index (κ3) is 2.93. The van der Waals surface area contributed by atoms with Crippen LogP contribution in [-0.4, -0.2) is 41.0 Å². The molecule has 2 aliphatic heterocycles. The minimum absolute atomic E-state index is 0.0250. The molecule has 1 saturated heterocycles. The van der Waals surface area contributed by atoms with Crippen LogP contribution in [0.3, 0.4) is 0 Å². The van der Waals surface area contributed by atoms with E-state index in [4.69, 9.17) is 4.74 Å². The summed E-state index contributed by atoms with van der Waals surface area (Å²) in [5.41, 5.74) is 3.24. The SMILES string of the molecule is O=C(Nc1nc(-c2ccc3c(c2)CCO3)cs1)C1CCCN1C1CC1. The molecule has 1 atom stereocenters. The Kier molecular flexibility index (Phi) is 3.75. The maximum absolute atomic E-state index is 12.7. The van der Waals surface area contributed by atoms with E-state index in [2.05, 4.69) is 21.3 Å². The number of fused-ring (bicyclic) bond motifs is 1. The van der Waals surface area contributed by atoms with Crippen molar-refractivity contribution in [2.75, 3.05) is 18.5 Å². The molecule has 1 amide bonds. The van der Waals surface area contributed by atoms with Gasteiger partial charge in [-0.15, -0.1) is 11.3 Å². The van der Waals surface area contributed by atoms with E-state index in [1.165, 1.54) is 29.7 Å². The first kappa shape index (κ1) is 15.3. The monoisotopic (exact) mass is 355 g/mol. The van der Waals surface area contributed by atoms with E-state index < -0.39 is 0 Å². The third-order valence-electron chi connectivity index (χ3n) is 5.33. The van der Waals surface area contributed by atoms with Gasteiger partial charge >= 0.3 is 0 Å². The number of thiazole rings is 1. The largest absolute Gasteiger partial charge is 0.493 e. The molecular weight excluding hydrogens is 334 g/mol. The second-order valence-corrected chi connectivity index (χ2v) is 7.93. The summed E-state index contributed by atoms with van der Waals surface area (Å²) in [5.74, 6) is 1.08. The summed E-state index contributed by atoms with van der Waals surface area (Å²) in [6.07, 6.45) is 5.52. The third-order valence-corrected chi connectivity index (χ3v) is 6.09. The Morgan fingerprint density at radius 2 is 2.24 bits per heavy atom. The summed E-state index contributed by atoms with van der Waals surface area (Å²) in [6, 6.07) is 6.86. The summed E-state index contributed by atoms with van der Waals surface area (Å²) in [7, 11) is 0. The molecule has 0 radical (unpaired) electrons. The van der Waals surface area contributed by atoms with Gasteiger partial charge in [0.05, 0.1) is 18.3 Å². The van der Waals surface area contributed by atoms with E-state index in [-0.39, 0.29) is 11.9 Å². The van der Waals surface area contributed by atoms with Crippen molar-refractivity contribution in [2.45, 2.75) is 44.2 Å². The van der Waals surface area contributed by atoms with E-state index in [0.29, 0.717) is 11.2 Å². The quantitative estimate of drug-likeness (QED) is 0.914. The molecule has 3 heterocycles. The van der Waals surface area contributed by atoms with Crippen LogP contribution in [0.25, 0.3) is 11.3 Å². The molecule has 1 aliphatic carbocycles. The highest BCUT2D eigenvalue weighted by Crippen LogP contribution is 2.35. The van der Waals surface area contributed by atoms with Gasteiger partial charge in [-0.3, -0.25) is 9.69 Å². The maximum atomic E-state index is 12.7. The number of amides is 1. The predicted molar refractivity (Wildman–Crippen MR) is 98.1 cm³/mol. The molecule has 6 heteroatoms. The van der Waals surface area contributed by atoms with Gasteiger partial charge in [-0.05, 0) is 56.0 Å². The number of ether oxygens (including phenoxy) is 1. The van der Waals surface area contributed by atoms with Crippen LogP contribution in [0.15, 0.2) is 23.6 Å². The number of aromatic nitrogens is 1. The Bertz CT molecular complexity index is 815. The van der Waals surface area contributed by atoms with Crippen LogP contribution in [0.2, 0.25) is 0 Å². The van der Waals surface area contributed by atoms with Crippen LogP contribution < -0.4 is 10.1 Å². The highest BCUT2D eigenvalue weighted by molar-refractivity contribution is 7.14. The van der Waals surface area contributed by atoms with Gasteiger partial charge in [0.1, 0.15) is 5.75 Å². The number of hydrogen-bond donors (Lipinski definition) is 1. The number of nitrogens with zero attached hydrogens (tertiary/aromatic N) is 2. The number of likely N-dealkylation sites (tertiary alicyclic amines) is 1. The van der Waals surface area contributed by atoms with Crippen LogP contribution in [0.1, 0.15) is 31.2 Å². The smallest absolute Gasteiger partial charge is 0.243 e. The zero-order chi connectivity index (χ0) is 16.8. The number of hydrogen-bond acceptors (Lipinski definition) is 5. The summed E-state index contributed by atoms with van der Waals surface area (Å²) < 4.78 is 5.56. The summed E-state index contributed by atoms with van der Waals surface area (Å²) in [6.45, 7) is 1.82. The highest BCUT2D eigenvalue weighted by atomic mass is 32.1. The lowest BCUT2D eigenvalue weighted by Crippen LogP contribution is -2.40. The molecule has 1 saturated carbocycles. The van der Waals surface area contributed by atoms with Crippen molar-refractivity contribution in [3.05, 3.63) is 29.1 Å². The topological polar surface area (TPSA) is 54.5 Å². The minimum atomic E-state index is 0.0250. The first-order valence-electron chi connectivity index (χ1n) is 9.06. The molecule has 5 rings (SSSR count). The predicted octanol–water partition coefficient (Wildman–Crippen LogP) is 3.31. The van der Waals surface area contributed by atoms with E-state index in [9.17, 15) is 4.79 Å². The van der Waals surface area contributed by atoms with E-state index >= 15 is 0 Å². The molecule has 1 aromatic carbocycles. The van der Waals surface area contributed by atoms with Crippen molar-refractivity contribution in [1.29, 1.82) is 0 Å². The molecule has 5 nitrogen and oxygen atoms in total. The zero-order valence-corrected chi connectivity index (χ0v) is 14.8. The van der Waals surface area contributed by atoms with Gasteiger partial charge in [-0.25, -0.2) is 4.98 Å². The molecule has 2 fully saturated rings. The van der Waals surface area contributed by atoms with Gasteiger partial charge in [-0.1, -0.05) is 0 Å². The summed E-state index contributed by atoms with van der Waals surface area (Å²) >= 11 is 1.50. The number of anilines is 1. The first-order chi connectivity index (χ1) is 12.3.